The molecule has 3 rings (SSSR count). The zero-order chi connectivity index (χ0) is 15.0. The van der Waals surface area contributed by atoms with Crippen LogP contribution in [0.4, 0.5) is 0 Å². The van der Waals surface area contributed by atoms with Crippen LogP contribution in [0.2, 0.25) is 10.0 Å². The van der Waals surface area contributed by atoms with Crippen molar-refractivity contribution in [1.82, 2.24) is 5.32 Å². The third-order valence-electron chi connectivity index (χ3n) is 4.85. The second-order valence-corrected chi connectivity index (χ2v) is 7.02. The number of hydrogen-bond donors (Lipinski definition) is 2. The first-order valence-electron chi connectivity index (χ1n) is 7.54. The summed E-state index contributed by atoms with van der Waals surface area (Å²) in [7, 11) is 0. The van der Waals surface area contributed by atoms with Crippen molar-refractivity contribution in [3.05, 3.63) is 33.8 Å². The fraction of sp³-hybridized carbons (Fsp3) is 0.562. The summed E-state index contributed by atoms with van der Waals surface area (Å²) >= 11 is 12.6. The van der Waals surface area contributed by atoms with Crippen LogP contribution < -0.4 is 11.1 Å². The van der Waals surface area contributed by atoms with Gasteiger partial charge >= 0.3 is 0 Å². The fourth-order valence-corrected chi connectivity index (χ4v) is 4.27. The molecular formula is C16H21Cl3N2O. The number of nitrogens with two attached hydrogens (primary N) is 1. The highest BCUT2D eigenvalue weighted by molar-refractivity contribution is 6.36. The Morgan fingerprint density at radius 1 is 1.27 bits per heavy atom. The van der Waals surface area contributed by atoms with Crippen molar-refractivity contribution >= 4 is 41.5 Å². The largest absolute Gasteiger partial charge is 0.346 e. The molecule has 1 amide bonds. The van der Waals surface area contributed by atoms with E-state index >= 15 is 0 Å². The maximum Gasteiger partial charge on any atom is 0.224 e. The molecule has 2 aliphatic rings. The van der Waals surface area contributed by atoms with E-state index in [9.17, 15) is 4.79 Å². The molecule has 22 heavy (non-hydrogen) atoms. The second kappa shape index (κ2) is 6.96. The van der Waals surface area contributed by atoms with Crippen LogP contribution in [0.25, 0.3) is 0 Å². The summed E-state index contributed by atoms with van der Waals surface area (Å²) in [6, 6.07) is 5.48. The predicted molar refractivity (Wildman–Crippen MR) is 92.7 cm³/mol. The maximum absolute atomic E-state index is 12.6. The van der Waals surface area contributed by atoms with Gasteiger partial charge in [0, 0.05) is 21.5 Å². The summed E-state index contributed by atoms with van der Waals surface area (Å²) in [4.78, 5) is 12.6. The molecule has 3 nitrogen and oxygen atoms in total. The molecule has 0 saturated heterocycles. The monoisotopic (exact) mass is 362 g/mol. The molecule has 0 spiro atoms. The Balaban J connectivity index is 0.00000176. The Morgan fingerprint density at radius 2 is 1.91 bits per heavy atom. The minimum atomic E-state index is -0.367. The van der Waals surface area contributed by atoms with Gasteiger partial charge in [0.1, 0.15) is 0 Å². The topological polar surface area (TPSA) is 55.1 Å². The normalized spacial score (nSPS) is 25.4. The molecule has 3 N–H and O–H groups in total. The first-order valence-corrected chi connectivity index (χ1v) is 8.29. The van der Waals surface area contributed by atoms with E-state index in [0.717, 1.165) is 37.7 Å². The van der Waals surface area contributed by atoms with Crippen molar-refractivity contribution in [2.75, 3.05) is 6.54 Å². The minimum Gasteiger partial charge on any atom is -0.346 e. The average molecular weight is 364 g/mol. The lowest BCUT2D eigenvalue weighted by Gasteiger charge is -2.24. The molecule has 1 aromatic carbocycles. The summed E-state index contributed by atoms with van der Waals surface area (Å²) in [6.45, 7) is 0.581. The molecule has 0 heterocycles. The zero-order valence-electron chi connectivity index (χ0n) is 12.3. The van der Waals surface area contributed by atoms with Crippen molar-refractivity contribution in [3.63, 3.8) is 0 Å². The lowest BCUT2D eigenvalue weighted by Crippen LogP contribution is -2.41. The lowest BCUT2D eigenvalue weighted by atomic mass is 9.94. The van der Waals surface area contributed by atoms with E-state index < -0.39 is 0 Å². The number of nitrogens with one attached hydrogen (secondary N) is 1. The third kappa shape index (κ3) is 3.23. The summed E-state index contributed by atoms with van der Waals surface area (Å²) in [5, 5.41) is 4.46. The highest BCUT2D eigenvalue weighted by atomic mass is 35.5. The number of halogens is 3. The molecular weight excluding hydrogens is 343 g/mol. The van der Waals surface area contributed by atoms with Crippen molar-refractivity contribution < 1.29 is 4.79 Å². The molecule has 0 radical (unpaired) electrons. The van der Waals surface area contributed by atoms with Crippen LogP contribution in [-0.2, 0) is 10.3 Å². The number of amides is 1. The number of benzene rings is 1. The van der Waals surface area contributed by atoms with Gasteiger partial charge in [0.05, 0.1) is 5.54 Å². The molecule has 0 aliphatic heterocycles. The van der Waals surface area contributed by atoms with Gasteiger partial charge in [0.15, 0.2) is 0 Å². The molecule has 0 unspecified atom stereocenters. The first-order chi connectivity index (χ1) is 10.1. The number of rotatable bonds is 4. The minimum absolute atomic E-state index is 0. The van der Waals surface area contributed by atoms with Crippen LogP contribution in [0.5, 0.6) is 0 Å². The number of carbonyl (C=O) groups excluding carboxylic acids is 1. The van der Waals surface area contributed by atoms with Crippen LogP contribution in [0.1, 0.15) is 37.7 Å². The van der Waals surface area contributed by atoms with Crippen LogP contribution >= 0.6 is 35.6 Å². The van der Waals surface area contributed by atoms with E-state index in [-0.39, 0.29) is 29.8 Å². The maximum atomic E-state index is 12.6. The van der Waals surface area contributed by atoms with E-state index in [1.807, 2.05) is 18.2 Å². The highest BCUT2D eigenvalue weighted by Crippen LogP contribution is 2.51. The molecule has 2 atom stereocenters. The molecule has 2 fully saturated rings. The second-order valence-electron chi connectivity index (χ2n) is 6.20. The van der Waals surface area contributed by atoms with Crippen molar-refractivity contribution in [2.45, 2.75) is 37.6 Å². The summed E-state index contributed by atoms with van der Waals surface area (Å²) in [6.07, 6.45) is 4.85. The van der Waals surface area contributed by atoms with Gasteiger partial charge in [0.25, 0.3) is 0 Å². The lowest BCUT2D eigenvalue weighted by molar-refractivity contribution is -0.127. The summed E-state index contributed by atoms with van der Waals surface area (Å²) in [5.41, 5.74) is 6.28. The number of hydrogen-bond acceptors (Lipinski definition) is 2. The van der Waals surface area contributed by atoms with E-state index in [1.165, 1.54) is 0 Å². The van der Waals surface area contributed by atoms with E-state index in [0.29, 0.717) is 22.5 Å². The Morgan fingerprint density at radius 3 is 2.45 bits per heavy atom. The predicted octanol–water partition coefficient (Wildman–Crippen LogP) is 3.90. The molecule has 1 aromatic rings. The SMILES string of the molecule is Cl.NC[C@H]1CCC[C@H]1C(=O)NC1(c2c(Cl)cccc2Cl)CC1. The van der Waals surface area contributed by atoms with Crippen LogP contribution in [0.15, 0.2) is 18.2 Å². The Bertz CT molecular complexity index is 540. The quantitative estimate of drug-likeness (QED) is 0.852. The summed E-state index contributed by atoms with van der Waals surface area (Å²) < 4.78 is 0. The van der Waals surface area contributed by atoms with E-state index in [4.69, 9.17) is 28.9 Å². The van der Waals surface area contributed by atoms with Gasteiger partial charge in [-0.25, -0.2) is 0 Å². The Hall–Kier alpha value is -0.480. The Kier molecular flexibility index (Phi) is 5.65. The van der Waals surface area contributed by atoms with E-state index in [2.05, 4.69) is 5.32 Å². The van der Waals surface area contributed by atoms with Gasteiger partial charge in [-0.3, -0.25) is 4.79 Å². The van der Waals surface area contributed by atoms with Gasteiger partial charge in [0.2, 0.25) is 5.91 Å². The molecule has 0 aromatic heterocycles. The van der Waals surface area contributed by atoms with Gasteiger partial charge in [-0.2, -0.15) is 0 Å². The van der Waals surface area contributed by atoms with Gasteiger partial charge < -0.3 is 11.1 Å². The molecule has 122 valence electrons. The standard InChI is InChI=1S/C16H20Cl2N2O.ClH/c17-12-5-2-6-13(18)14(12)16(7-8-16)20-15(21)11-4-1-3-10(11)9-19;/h2,5-6,10-11H,1,3-4,7-9,19H2,(H,20,21);1H/t10-,11-;/m1./s1. The fourth-order valence-electron chi connectivity index (χ4n) is 3.51. The van der Waals surface area contributed by atoms with Gasteiger partial charge in [-0.15, -0.1) is 12.4 Å². The van der Waals surface area contributed by atoms with Crippen molar-refractivity contribution in [3.8, 4) is 0 Å². The van der Waals surface area contributed by atoms with Gasteiger partial charge in [-0.05, 0) is 50.3 Å². The van der Waals surface area contributed by atoms with Gasteiger partial charge in [-0.1, -0.05) is 35.7 Å². The molecule has 2 saturated carbocycles. The van der Waals surface area contributed by atoms with E-state index in [1.54, 1.807) is 0 Å². The Labute approximate surface area is 147 Å². The number of carbonyl (C=O) groups is 1. The zero-order valence-corrected chi connectivity index (χ0v) is 14.6. The van der Waals surface area contributed by atoms with Crippen LogP contribution in [-0.4, -0.2) is 12.5 Å². The average Bonchev–Trinajstić information content (AvgIpc) is 3.04. The van der Waals surface area contributed by atoms with Crippen molar-refractivity contribution in [2.24, 2.45) is 17.6 Å². The molecule has 2 aliphatic carbocycles. The smallest absolute Gasteiger partial charge is 0.224 e. The highest BCUT2D eigenvalue weighted by Gasteiger charge is 2.49. The summed E-state index contributed by atoms with van der Waals surface area (Å²) in [5.74, 6) is 0.452. The van der Waals surface area contributed by atoms with Crippen LogP contribution in [0, 0.1) is 11.8 Å². The first kappa shape index (κ1) is 17.9. The molecule has 0 bridgehead atoms. The molecule has 6 heteroatoms. The third-order valence-corrected chi connectivity index (χ3v) is 5.48. The van der Waals surface area contributed by atoms with Crippen LogP contribution in [0.3, 0.4) is 0 Å². The van der Waals surface area contributed by atoms with Crippen molar-refractivity contribution in [1.29, 1.82) is 0 Å².